The second kappa shape index (κ2) is 11.3. The van der Waals surface area contributed by atoms with Crippen LogP contribution >= 0.6 is 12.6 Å². The number of hydrogen-bond donors (Lipinski definition) is 7. The Labute approximate surface area is 148 Å². The van der Waals surface area contributed by atoms with Gasteiger partial charge >= 0.3 is 11.9 Å². The number of hydrogen-bond acceptors (Lipinski definition) is 7. The highest BCUT2D eigenvalue weighted by Crippen LogP contribution is 2.00. The standard InChI is InChI=1S/C13H21N3O8S/c1-6(17)11(21)16-7(13(23)24)2-3-9(18)15-8(5-25)12(22)14-4-10(19)20/h6-8,17,25H,2-5H2,1H3,(H,14,22)(H,15,18)(H,16,21)(H,19,20)(H,23,24). The normalized spacial score (nSPS) is 13.9. The van der Waals surface area contributed by atoms with Crippen LogP contribution in [0.2, 0.25) is 0 Å². The number of aliphatic hydroxyl groups excluding tert-OH is 1. The Bertz CT molecular complexity index is 525. The first-order valence-electron chi connectivity index (χ1n) is 7.19. The molecule has 0 aliphatic heterocycles. The van der Waals surface area contributed by atoms with Crippen LogP contribution in [0.3, 0.4) is 0 Å². The zero-order valence-electron chi connectivity index (χ0n) is 13.4. The minimum atomic E-state index is -1.40. The minimum Gasteiger partial charge on any atom is -0.480 e. The van der Waals surface area contributed by atoms with Crippen LogP contribution in [0.4, 0.5) is 0 Å². The van der Waals surface area contributed by atoms with Crippen molar-refractivity contribution in [2.45, 2.75) is 38.0 Å². The summed E-state index contributed by atoms with van der Waals surface area (Å²) in [7, 11) is 0. The Balaban J connectivity index is 4.53. The van der Waals surface area contributed by atoms with Crippen LogP contribution in [0.1, 0.15) is 19.8 Å². The molecule has 3 atom stereocenters. The van der Waals surface area contributed by atoms with Gasteiger partial charge in [0.15, 0.2) is 0 Å². The molecule has 3 unspecified atom stereocenters. The van der Waals surface area contributed by atoms with Crippen molar-refractivity contribution in [3.8, 4) is 0 Å². The van der Waals surface area contributed by atoms with Crippen LogP contribution in [0.15, 0.2) is 0 Å². The van der Waals surface area contributed by atoms with Crippen LogP contribution in [-0.4, -0.2) is 75.5 Å². The number of amides is 3. The van der Waals surface area contributed by atoms with Gasteiger partial charge < -0.3 is 31.3 Å². The molecule has 12 heteroatoms. The molecule has 0 aromatic carbocycles. The van der Waals surface area contributed by atoms with E-state index in [1.54, 1.807) is 0 Å². The number of carboxylic acids is 2. The molecule has 0 fully saturated rings. The molecule has 3 amide bonds. The van der Waals surface area contributed by atoms with E-state index in [-0.39, 0.29) is 18.6 Å². The van der Waals surface area contributed by atoms with Gasteiger partial charge in [0.1, 0.15) is 24.7 Å². The van der Waals surface area contributed by atoms with Crippen LogP contribution < -0.4 is 16.0 Å². The maximum Gasteiger partial charge on any atom is 0.326 e. The summed E-state index contributed by atoms with van der Waals surface area (Å²) in [5.74, 6) is -5.06. The molecule has 11 nitrogen and oxygen atoms in total. The summed E-state index contributed by atoms with van der Waals surface area (Å²) >= 11 is 3.88. The lowest BCUT2D eigenvalue weighted by atomic mass is 10.1. The van der Waals surface area contributed by atoms with Crippen molar-refractivity contribution in [3.63, 3.8) is 0 Å². The fourth-order valence-electron chi connectivity index (χ4n) is 1.57. The first-order chi connectivity index (χ1) is 11.6. The van der Waals surface area contributed by atoms with Gasteiger partial charge in [0.25, 0.3) is 0 Å². The average molecular weight is 379 g/mol. The van der Waals surface area contributed by atoms with Crippen molar-refractivity contribution in [2.75, 3.05) is 12.3 Å². The highest BCUT2D eigenvalue weighted by Gasteiger charge is 2.24. The number of nitrogens with one attached hydrogen (secondary N) is 3. The van der Waals surface area contributed by atoms with Gasteiger partial charge in [0, 0.05) is 12.2 Å². The van der Waals surface area contributed by atoms with Crippen molar-refractivity contribution in [3.05, 3.63) is 0 Å². The second-order valence-corrected chi connectivity index (χ2v) is 5.39. The molecule has 0 saturated heterocycles. The fraction of sp³-hybridized carbons (Fsp3) is 0.615. The molecule has 6 N–H and O–H groups in total. The van der Waals surface area contributed by atoms with Crippen molar-refractivity contribution >= 4 is 42.3 Å². The monoisotopic (exact) mass is 379 g/mol. The van der Waals surface area contributed by atoms with Gasteiger partial charge in [-0.3, -0.25) is 19.2 Å². The van der Waals surface area contributed by atoms with Crippen LogP contribution in [0.25, 0.3) is 0 Å². The summed E-state index contributed by atoms with van der Waals surface area (Å²) in [4.78, 5) is 56.2. The number of carbonyl (C=O) groups is 5. The molecule has 0 bridgehead atoms. The van der Waals surface area contributed by atoms with E-state index in [2.05, 4.69) is 28.6 Å². The lowest BCUT2D eigenvalue weighted by Gasteiger charge is -2.18. The number of thiol groups is 1. The fourth-order valence-corrected chi connectivity index (χ4v) is 1.83. The van der Waals surface area contributed by atoms with Crippen molar-refractivity contribution in [2.24, 2.45) is 0 Å². The van der Waals surface area contributed by atoms with E-state index >= 15 is 0 Å². The summed E-state index contributed by atoms with van der Waals surface area (Å²) in [6.45, 7) is 0.541. The van der Waals surface area contributed by atoms with E-state index < -0.39 is 54.4 Å². The highest BCUT2D eigenvalue weighted by molar-refractivity contribution is 7.80. The summed E-state index contributed by atoms with van der Waals surface area (Å²) < 4.78 is 0. The van der Waals surface area contributed by atoms with E-state index in [1.165, 1.54) is 0 Å². The minimum absolute atomic E-state index is 0.0989. The maximum atomic E-state index is 11.8. The molecule has 0 aliphatic carbocycles. The Morgan fingerprint density at radius 2 is 1.60 bits per heavy atom. The third-order valence-corrected chi connectivity index (χ3v) is 3.27. The summed E-state index contributed by atoms with van der Waals surface area (Å²) in [6, 6.07) is -2.48. The van der Waals surface area contributed by atoms with E-state index in [1.807, 2.05) is 0 Å². The number of aliphatic carboxylic acids is 2. The lowest BCUT2D eigenvalue weighted by Crippen LogP contribution is -2.49. The molecule has 0 saturated carbocycles. The molecule has 142 valence electrons. The Kier molecular flexibility index (Phi) is 10.2. The molecule has 0 heterocycles. The van der Waals surface area contributed by atoms with E-state index in [4.69, 9.17) is 15.3 Å². The number of carbonyl (C=O) groups excluding carboxylic acids is 3. The predicted octanol–water partition coefficient (Wildman–Crippen LogP) is -2.67. The third-order valence-electron chi connectivity index (χ3n) is 2.90. The summed E-state index contributed by atoms with van der Waals surface area (Å²) in [5, 5.41) is 33.0. The SMILES string of the molecule is CC(O)C(=O)NC(CCC(=O)NC(CS)C(=O)NCC(=O)O)C(=O)O. The van der Waals surface area contributed by atoms with Crippen molar-refractivity contribution in [1.82, 2.24) is 16.0 Å². The molecule has 0 radical (unpaired) electrons. The topological polar surface area (TPSA) is 182 Å². The second-order valence-electron chi connectivity index (χ2n) is 5.03. The van der Waals surface area contributed by atoms with Crippen molar-refractivity contribution in [1.29, 1.82) is 0 Å². The zero-order chi connectivity index (χ0) is 19.6. The highest BCUT2D eigenvalue weighted by atomic mass is 32.1. The van der Waals surface area contributed by atoms with Gasteiger partial charge in [0.05, 0.1) is 0 Å². The zero-order valence-corrected chi connectivity index (χ0v) is 14.3. The number of carboxylic acid groups (broad SMARTS) is 2. The van der Waals surface area contributed by atoms with Crippen molar-refractivity contribution < 1.29 is 39.3 Å². The van der Waals surface area contributed by atoms with E-state index in [9.17, 15) is 24.0 Å². The van der Waals surface area contributed by atoms with Gasteiger partial charge in [-0.1, -0.05) is 0 Å². The maximum absolute atomic E-state index is 11.8. The van der Waals surface area contributed by atoms with Gasteiger partial charge in [-0.2, -0.15) is 12.6 Å². The Hall–Kier alpha value is -2.34. The summed E-state index contributed by atoms with van der Waals surface area (Å²) in [5.41, 5.74) is 0. The molecule has 0 aromatic rings. The lowest BCUT2D eigenvalue weighted by molar-refractivity contribution is -0.143. The average Bonchev–Trinajstić information content (AvgIpc) is 2.53. The first-order valence-corrected chi connectivity index (χ1v) is 7.82. The predicted molar refractivity (Wildman–Crippen MR) is 86.9 cm³/mol. The van der Waals surface area contributed by atoms with Gasteiger partial charge in [-0.25, -0.2) is 4.79 Å². The molecule has 0 aliphatic rings. The first kappa shape index (κ1) is 22.7. The van der Waals surface area contributed by atoms with E-state index in [0.717, 1.165) is 6.92 Å². The van der Waals surface area contributed by atoms with Gasteiger partial charge in [0.2, 0.25) is 17.7 Å². The van der Waals surface area contributed by atoms with Crippen LogP contribution in [-0.2, 0) is 24.0 Å². The molecule has 0 aromatic heterocycles. The van der Waals surface area contributed by atoms with Gasteiger partial charge in [-0.15, -0.1) is 0 Å². The Morgan fingerprint density at radius 3 is 2.04 bits per heavy atom. The Morgan fingerprint density at radius 1 is 1.00 bits per heavy atom. The number of rotatable bonds is 11. The molecular formula is C13H21N3O8S. The molecule has 0 rings (SSSR count). The van der Waals surface area contributed by atoms with Crippen LogP contribution in [0, 0.1) is 0 Å². The van der Waals surface area contributed by atoms with Crippen LogP contribution in [0.5, 0.6) is 0 Å². The smallest absolute Gasteiger partial charge is 0.326 e. The quantitative estimate of drug-likeness (QED) is 0.190. The molecule has 25 heavy (non-hydrogen) atoms. The van der Waals surface area contributed by atoms with Gasteiger partial charge in [-0.05, 0) is 13.3 Å². The third kappa shape index (κ3) is 9.52. The summed E-state index contributed by atoms with van der Waals surface area (Å²) in [6.07, 6.45) is -1.99. The molecule has 0 spiro atoms. The number of aliphatic hydroxyl groups is 1. The largest absolute Gasteiger partial charge is 0.480 e. The van der Waals surface area contributed by atoms with E-state index in [0.29, 0.717) is 0 Å². The molecular weight excluding hydrogens is 358 g/mol.